The molecule has 1 N–H and O–H groups in total. The molecule has 0 aliphatic carbocycles. The minimum Gasteiger partial charge on any atom is -0.354 e. The van der Waals surface area contributed by atoms with Crippen molar-refractivity contribution in [1.29, 1.82) is 0 Å². The van der Waals surface area contributed by atoms with Crippen LogP contribution in [0.2, 0.25) is 0 Å². The number of nitrogens with zero attached hydrogens (tertiary/aromatic N) is 2. The van der Waals surface area contributed by atoms with Gasteiger partial charge in [0.25, 0.3) is 0 Å². The van der Waals surface area contributed by atoms with E-state index in [1.54, 1.807) is 0 Å². The highest BCUT2D eigenvalue weighted by atomic mass is 32.2. The van der Waals surface area contributed by atoms with Gasteiger partial charge in [-0.3, -0.25) is 9.69 Å². The SMILES string of the molecule is CCCN(CCCCCCN1CCC(c2ccccc2)CC1)CC(=O)NCCSC(c1ccccc1)(c1ccccc1)c1ccccc1. The normalized spacial score (nSPS) is 14.3. The summed E-state index contributed by atoms with van der Waals surface area (Å²) in [5.41, 5.74) is 5.26. The van der Waals surface area contributed by atoms with E-state index in [1.165, 1.54) is 74.0 Å². The fraction of sp³-hybridized carbons (Fsp3) is 0.419. The summed E-state index contributed by atoms with van der Waals surface area (Å²) in [5, 5.41) is 3.25. The first-order valence-electron chi connectivity index (χ1n) is 18.3. The average molecular weight is 662 g/mol. The molecule has 0 atom stereocenters. The molecular formula is C43H55N3OS. The maximum atomic E-state index is 13.1. The number of unbranched alkanes of at least 4 members (excludes halogenated alkanes) is 3. The third-order valence-electron chi connectivity index (χ3n) is 9.75. The lowest BCUT2D eigenvalue weighted by Crippen LogP contribution is -2.39. The minimum atomic E-state index is -0.360. The summed E-state index contributed by atoms with van der Waals surface area (Å²) < 4.78 is -0.360. The Labute approximate surface area is 294 Å². The molecule has 1 amide bonds. The Morgan fingerprint density at radius 1 is 0.729 bits per heavy atom. The lowest BCUT2D eigenvalue weighted by molar-refractivity contribution is -0.122. The van der Waals surface area contributed by atoms with Crippen LogP contribution in [0.25, 0.3) is 0 Å². The number of nitrogens with one attached hydrogen (secondary N) is 1. The monoisotopic (exact) mass is 661 g/mol. The number of carbonyl (C=O) groups is 1. The average Bonchev–Trinajstić information content (AvgIpc) is 3.15. The number of hydrogen-bond donors (Lipinski definition) is 1. The third-order valence-corrected chi connectivity index (χ3v) is 11.3. The van der Waals surface area contributed by atoms with E-state index >= 15 is 0 Å². The zero-order valence-corrected chi connectivity index (χ0v) is 29.8. The Balaban J connectivity index is 1.04. The zero-order valence-electron chi connectivity index (χ0n) is 28.9. The number of amides is 1. The Kier molecular flexibility index (Phi) is 14.6. The quantitative estimate of drug-likeness (QED) is 0.0804. The minimum absolute atomic E-state index is 0.132. The lowest BCUT2D eigenvalue weighted by atomic mass is 9.84. The molecule has 0 unspecified atom stereocenters. The number of rotatable bonds is 19. The Bertz CT molecular complexity index is 1350. The van der Waals surface area contributed by atoms with Crippen LogP contribution in [0.1, 0.15) is 80.0 Å². The first-order chi connectivity index (χ1) is 23.7. The van der Waals surface area contributed by atoms with E-state index in [2.05, 4.69) is 143 Å². The molecule has 1 heterocycles. The van der Waals surface area contributed by atoms with Crippen LogP contribution in [0.5, 0.6) is 0 Å². The van der Waals surface area contributed by atoms with Crippen LogP contribution in [-0.4, -0.2) is 67.3 Å². The number of carbonyl (C=O) groups excluding carboxylic acids is 1. The highest BCUT2D eigenvalue weighted by Gasteiger charge is 2.36. The van der Waals surface area contributed by atoms with Gasteiger partial charge >= 0.3 is 0 Å². The molecule has 4 nitrogen and oxygen atoms in total. The first kappa shape index (κ1) is 35.9. The summed E-state index contributed by atoms with van der Waals surface area (Å²) in [7, 11) is 0. The van der Waals surface area contributed by atoms with Crippen LogP contribution in [0.15, 0.2) is 121 Å². The molecule has 5 heteroatoms. The number of thioether (sulfide) groups is 1. The highest BCUT2D eigenvalue weighted by molar-refractivity contribution is 8.00. The molecule has 48 heavy (non-hydrogen) atoms. The van der Waals surface area contributed by atoms with Crippen molar-refractivity contribution in [2.24, 2.45) is 0 Å². The second-order valence-corrected chi connectivity index (χ2v) is 14.5. The standard InChI is InChI=1S/C43H55N3OS/c1-2-30-46(32-18-4-3-17-31-45-33-27-38(28-34-45)37-19-9-5-10-20-37)36-42(47)44-29-35-48-43(39-21-11-6-12-22-39,40-23-13-7-14-24-40)41-25-15-8-16-26-41/h5-16,19-26,38H,2-4,17-18,27-36H2,1H3,(H,44,47). The Morgan fingerprint density at radius 2 is 1.25 bits per heavy atom. The second kappa shape index (κ2) is 19.6. The van der Waals surface area contributed by atoms with Crippen molar-refractivity contribution in [3.8, 4) is 0 Å². The molecule has 0 aromatic heterocycles. The molecule has 0 radical (unpaired) electrons. The smallest absolute Gasteiger partial charge is 0.234 e. The maximum absolute atomic E-state index is 13.1. The number of piperidine rings is 1. The topological polar surface area (TPSA) is 35.6 Å². The van der Waals surface area contributed by atoms with Crippen molar-refractivity contribution in [3.05, 3.63) is 144 Å². The van der Waals surface area contributed by atoms with Gasteiger partial charge in [-0.25, -0.2) is 0 Å². The molecule has 1 saturated heterocycles. The van der Waals surface area contributed by atoms with Crippen molar-refractivity contribution in [2.75, 3.05) is 51.6 Å². The summed E-state index contributed by atoms with van der Waals surface area (Å²) >= 11 is 1.90. The molecule has 1 fully saturated rings. The molecule has 0 bridgehead atoms. The zero-order chi connectivity index (χ0) is 33.3. The second-order valence-electron chi connectivity index (χ2n) is 13.2. The van der Waals surface area contributed by atoms with Gasteiger partial charge in [-0.1, -0.05) is 141 Å². The number of benzene rings is 4. The summed E-state index contributed by atoms with van der Waals surface area (Å²) in [6.07, 6.45) is 8.57. The number of likely N-dealkylation sites (tertiary alicyclic amines) is 1. The molecule has 1 aliphatic heterocycles. The Hall–Kier alpha value is -3.38. The van der Waals surface area contributed by atoms with Crippen LogP contribution < -0.4 is 5.32 Å². The molecule has 0 saturated carbocycles. The molecule has 5 rings (SSSR count). The maximum Gasteiger partial charge on any atom is 0.234 e. The third kappa shape index (κ3) is 10.3. The molecular weight excluding hydrogens is 607 g/mol. The first-order valence-corrected chi connectivity index (χ1v) is 19.2. The van der Waals surface area contributed by atoms with E-state index < -0.39 is 0 Å². The van der Waals surface area contributed by atoms with Crippen molar-refractivity contribution >= 4 is 17.7 Å². The molecule has 254 valence electrons. The van der Waals surface area contributed by atoms with Gasteiger partial charge in [0.1, 0.15) is 0 Å². The van der Waals surface area contributed by atoms with Crippen LogP contribution in [0.3, 0.4) is 0 Å². The fourth-order valence-electron chi connectivity index (χ4n) is 7.25. The van der Waals surface area contributed by atoms with Crippen LogP contribution in [-0.2, 0) is 9.54 Å². The van der Waals surface area contributed by atoms with E-state index in [1.807, 2.05) is 11.8 Å². The van der Waals surface area contributed by atoms with Gasteiger partial charge in [-0.15, -0.1) is 11.8 Å². The largest absolute Gasteiger partial charge is 0.354 e. The van der Waals surface area contributed by atoms with Gasteiger partial charge < -0.3 is 10.2 Å². The molecule has 0 spiro atoms. The van der Waals surface area contributed by atoms with E-state index in [0.717, 1.165) is 37.6 Å². The van der Waals surface area contributed by atoms with Crippen molar-refractivity contribution in [3.63, 3.8) is 0 Å². The lowest BCUT2D eigenvalue weighted by Gasteiger charge is -2.35. The predicted octanol–water partition coefficient (Wildman–Crippen LogP) is 8.98. The summed E-state index contributed by atoms with van der Waals surface area (Å²) in [4.78, 5) is 18.1. The van der Waals surface area contributed by atoms with Crippen LogP contribution in [0, 0.1) is 0 Å². The van der Waals surface area contributed by atoms with Crippen molar-refractivity contribution in [2.45, 2.75) is 62.5 Å². The Morgan fingerprint density at radius 3 is 1.79 bits per heavy atom. The van der Waals surface area contributed by atoms with Crippen molar-refractivity contribution < 1.29 is 4.79 Å². The van der Waals surface area contributed by atoms with E-state index in [4.69, 9.17) is 0 Å². The fourth-order valence-corrected chi connectivity index (χ4v) is 8.67. The van der Waals surface area contributed by atoms with E-state index in [-0.39, 0.29) is 10.7 Å². The number of hydrogen-bond acceptors (Lipinski definition) is 4. The van der Waals surface area contributed by atoms with Crippen LogP contribution in [0.4, 0.5) is 0 Å². The summed E-state index contributed by atoms with van der Waals surface area (Å²) in [5.74, 6) is 1.67. The van der Waals surface area contributed by atoms with Crippen molar-refractivity contribution in [1.82, 2.24) is 15.1 Å². The van der Waals surface area contributed by atoms with E-state index in [0.29, 0.717) is 13.1 Å². The predicted molar refractivity (Wildman–Crippen MR) is 205 cm³/mol. The van der Waals surface area contributed by atoms with Gasteiger partial charge in [-0.2, -0.15) is 0 Å². The molecule has 4 aromatic rings. The molecule has 1 aliphatic rings. The van der Waals surface area contributed by atoms with Gasteiger partial charge in [-0.05, 0) is 93.0 Å². The molecule has 4 aromatic carbocycles. The van der Waals surface area contributed by atoms with Gasteiger partial charge in [0, 0.05) is 12.3 Å². The van der Waals surface area contributed by atoms with Crippen LogP contribution >= 0.6 is 11.8 Å². The van der Waals surface area contributed by atoms with Gasteiger partial charge in [0.2, 0.25) is 5.91 Å². The summed E-state index contributed by atoms with van der Waals surface area (Å²) in [6, 6.07) is 43.4. The van der Waals surface area contributed by atoms with Gasteiger partial charge in [0.15, 0.2) is 0 Å². The summed E-state index contributed by atoms with van der Waals surface area (Å²) in [6.45, 7) is 8.97. The highest BCUT2D eigenvalue weighted by Crippen LogP contribution is 2.48. The van der Waals surface area contributed by atoms with E-state index in [9.17, 15) is 4.79 Å². The van der Waals surface area contributed by atoms with Gasteiger partial charge in [0.05, 0.1) is 11.3 Å².